The van der Waals surface area contributed by atoms with Gasteiger partial charge in [-0.25, -0.2) is 4.98 Å². The van der Waals surface area contributed by atoms with Gasteiger partial charge >= 0.3 is 0 Å². The van der Waals surface area contributed by atoms with E-state index in [0.717, 1.165) is 30.8 Å². The van der Waals surface area contributed by atoms with Gasteiger partial charge in [0.05, 0.1) is 23.0 Å². The number of likely N-dealkylation sites (tertiary alicyclic amines) is 1. The monoisotopic (exact) mass is 394 g/mol. The van der Waals surface area contributed by atoms with Crippen molar-refractivity contribution < 1.29 is 19.1 Å². The van der Waals surface area contributed by atoms with E-state index in [4.69, 9.17) is 4.74 Å². The van der Waals surface area contributed by atoms with Crippen molar-refractivity contribution in [2.45, 2.75) is 18.9 Å². The van der Waals surface area contributed by atoms with E-state index < -0.39 is 17.7 Å². The summed E-state index contributed by atoms with van der Waals surface area (Å²) in [5.74, 6) is -0.871. The third kappa shape index (κ3) is 4.12. The van der Waals surface area contributed by atoms with Crippen molar-refractivity contribution in [1.29, 1.82) is 0 Å². The molecule has 2 aliphatic rings. The maximum atomic E-state index is 12.3. The van der Waals surface area contributed by atoms with E-state index in [1.165, 1.54) is 6.20 Å². The zero-order valence-corrected chi connectivity index (χ0v) is 16.1. The molecule has 2 aliphatic heterocycles. The van der Waals surface area contributed by atoms with E-state index in [2.05, 4.69) is 22.2 Å². The summed E-state index contributed by atoms with van der Waals surface area (Å²) in [6, 6.07) is 9.94. The van der Waals surface area contributed by atoms with E-state index in [-0.39, 0.29) is 12.6 Å². The fourth-order valence-electron chi connectivity index (χ4n) is 3.52. The maximum Gasteiger partial charge on any atom is 0.262 e. The number of aromatic nitrogens is 1. The molecule has 2 aromatic rings. The average molecular weight is 394 g/mol. The number of rotatable bonds is 5. The van der Waals surface area contributed by atoms with Gasteiger partial charge in [0.25, 0.3) is 11.8 Å². The van der Waals surface area contributed by atoms with Gasteiger partial charge < -0.3 is 15.0 Å². The van der Waals surface area contributed by atoms with Gasteiger partial charge in [-0.15, -0.1) is 0 Å². The van der Waals surface area contributed by atoms with Crippen molar-refractivity contribution in [2.75, 3.05) is 32.0 Å². The normalized spacial score (nSPS) is 17.3. The molecule has 1 aromatic carbocycles. The Morgan fingerprint density at radius 2 is 1.76 bits per heavy atom. The number of amides is 3. The second kappa shape index (κ2) is 8.00. The van der Waals surface area contributed by atoms with E-state index in [1.807, 2.05) is 0 Å². The molecule has 3 amide bonds. The van der Waals surface area contributed by atoms with E-state index in [0.29, 0.717) is 22.7 Å². The predicted octanol–water partition coefficient (Wildman–Crippen LogP) is 1.79. The SMILES string of the molecule is CN1CCC(Oc2ccc(NC(=O)CN3C(=O)c4ccccc4C3=O)cn2)CC1. The predicted molar refractivity (Wildman–Crippen MR) is 106 cm³/mol. The molecular weight excluding hydrogens is 372 g/mol. The zero-order valence-electron chi connectivity index (χ0n) is 16.1. The van der Waals surface area contributed by atoms with Gasteiger partial charge in [0.2, 0.25) is 11.8 Å². The van der Waals surface area contributed by atoms with Gasteiger partial charge in [-0.05, 0) is 38.1 Å². The maximum absolute atomic E-state index is 12.3. The largest absolute Gasteiger partial charge is 0.474 e. The van der Waals surface area contributed by atoms with Crippen LogP contribution in [0.3, 0.4) is 0 Å². The number of nitrogens with one attached hydrogen (secondary N) is 1. The Balaban J connectivity index is 1.32. The van der Waals surface area contributed by atoms with Crippen LogP contribution in [0.5, 0.6) is 5.88 Å². The molecule has 0 aliphatic carbocycles. The summed E-state index contributed by atoms with van der Waals surface area (Å²) in [6.45, 7) is 1.65. The third-order valence-corrected chi connectivity index (χ3v) is 5.15. The highest BCUT2D eigenvalue weighted by atomic mass is 16.5. The Morgan fingerprint density at radius 3 is 2.34 bits per heavy atom. The molecule has 150 valence electrons. The number of benzene rings is 1. The Labute approximate surface area is 168 Å². The van der Waals surface area contributed by atoms with Gasteiger partial charge in [-0.3, -0.25) is 19.3 Å². The van der Waals surface area contributed by atoms with Gasteiger partial charge in [-0.2, -0.15) is 0 Å². The summed E-state index contributed by atoms with van der Waals surface area (Å²) >= 11 is 0. The number of imide groups is 1. The van der Waals surface area contributed by atoms with Crippen LogP contribution >= 0.6 is 0 Å². The lowest BCUT2D eigenvalue weighted by Gasteiger charge is -2.28. The molecule has 0 radical (unpaired) electrons. The smallest absolute Gasteiger partial charge is 0.262 e. The average Bonchev–Trinajstić information content (AvgIpc) is 2.96. The number of carbonyl (C=O) groups is 3. The molecule has 1 fully saturated rings. The van der Waals surface area contributed by atoms with Crippen LogP contribution in [0, 0.1) is 0 Å². The number of anilines is 1. The Kier molecular flexibility index (Phi) is 5.26. The van der Waals surface area contributed by atoms with Crippen molar-refractivity contribution in [1.82, 2.24) is 14.8 Å². The molecule has 4 rings (SSSR count). The number of nitrogens with zero attached hydrogens (tertiary/aromatic N) is 3. The van der Waals surface area contributed by atoms with Gasteiger partial charge in [0, 0.05) is 19.2 Å². The number of carbonyl (C=O) groups excluding carboxylic acids is 3. The molecule has 8 heteroatoms. The van der Waals surface area contributed by atoms with Crippen LogP contribution in [0.4, 0.5) is 5.69 Å². The molecule has 1 aromatic heterocycles. The van der Waals surface area contributed by atoms with E-state index in [9.17, 15) is 14.4 Å². The summed E-state index contributed by atoms with van der Waals surface area (Å²) in [4.78, 5) is 44.5. The van der Waals surface area contributed by atoms with Crippen molar-refractivity contribution in [3.8, 4) is 5.88 Å². The molecule has 0 bridgehead atoms. The van der Waals surface area contributed by atoms with Crippen molar-refractivity contribution in [2.24, 2.45) is 0 Å². The van der Waals surface area contributed by atoms with Crippen LogP contribution in [0.15, 0.2) is 42.6 Å². The summed E-state index contributed by atoms with van der Waals surface area (Å²) in [7, 11) is 2.09. The lowest BCUT2D eigenvalue weighted by molar-refractivity contribution is -0.116. The highest BCUT2D eigenvalue weighted by Gasteiger charge is 2.36. The fourth-order valence-corrected chi connectivity index (χ4v) is 3.52. The first-order valence-electron chi connectivity index (χ1n) is 9.57. The summed E-state index contributed by atoms with van der Waals surface area (Å²) < 4.78 is 5.89. The molecule has 0 atom stereocenters. The molecule has 8 nitrogen and oxygen atoms in total. The Bertz CT molecular complexity index is 901. The Hall–Kier alpha value is -3.26. The van der Waals surface area contributed by atoms with Crippen molar-refractivity contribution >= 4 is 23.4 Å². The topological polar surface area (TPSA) is 91.8 Å². The first kappa shape index (κ1) is 19.1. The lowest BCUT2D eigenvalue weighted by atomic mass is 10.1. The van der Waals surface area contributed by atoms with E-state index >= 15 is 0 Å². The third-order valence-electron chi connectivity index (χ3n) is 5.15. The summed E-state index contributed by atoms with van der Waals surface area (Å²) in [6.07, 6.45) is 3.56. The molecule has 0 unspecified atom stereocenters. The first-order chi connectivity index (χ1) is 14.0. The van der Waals surface area contributed by atoms with Crippen LogP contribution in [-0.4, -0.2) is 65.3 Å². The minimum atomic E-state index is -0.467. The van der Waals surface area contributed by atoms with Gasteiger partial charge in [0.1, 0.15) is 12.6 Å². The summed E-state index contributed by atoms with van der Waals surface area (Å²) in [5.41, 5.74) is 1.12. The molecule has 1 saturated heterocycles. The highest BCUT2D eigenvalue weighted by Crippen LogP contribution is 2.22. The van der Waals surface area contributed by atoms with Crippen LogP contribution in [0.25, 0.3) is 0 Å². The molecular formula is C21H22N4O4. The molecule has 0 spiro atoms. The number of hydrogen-bond donors (Lipinski definition) is 1. The lowest BCUT2D eigenvalue weighted by Crippen LogP contribution is -2.37. The van der Waals surface area contributed by atoms with E-state index in [1.54, 1.807) is 36.4 Å². The first-order valence-corrected chi connectivity index (χ1v) is 9.57. The molecule has 0 saturated carbocycles. The second-order valence-electron chi connectivity index (χ2n) is 7.30. The number of hydrogen-bond acceptors (Lipinski definition) is 6. The van der Waals surface area contributed by atoms with Crippen molar-refractivity contribution in [3.05, 3.63) is 53.7 Å². The molecule has 29 heavy (non-hydrogen) atoms. The number of ether oxygens (including phenoxy) is 1. The highest BCUT2D eigenvalue weighted by molar-refractivity contribution is 6.22. The van der Waals surface area contributed by atoms with Crippen LogP contribution in [0.1, 0.15) is 33.6 Å². The quantitative estimate of drug-likeness (QED) is 0.778. The fraction of sp³-hybridized carbons (Fsp3) is 0.333. The Morgan fingerprint density at radius 1 is 1.10 bits per heavy atom. The molecule has 1 N–H and O–H groups in total. The van der Waals surface area contributed by atoms with Gasteiger partial charge in [-0.1, -0.05) is 12.1 Å². The number of piperidine rings is 1. The second-order valence-corrected chi connectivity index (χ2v) is 7.30. The summed E-state index contributed by atoms with van der Waals surface area (Å²) in [5, 5.41) is 2.66. The van der Waals surface area contributed by atoms with Crippen molar-refractivity contribution in [3.63, 3.8) is 0 Å². The van der Waals surface area contributed by atoms with Gasteiger partial charge in [0.15, 0.2) is 0 Å². The molecule has 3 heterocycles. The zero-order chi connectivity index (χ0) is 20.4. The number of fused-ring (bicyclic) bond motifs is 1. The minimum absolute atomic E-state index is 0.146. The number of pyridine rings is 1. The van der Waals surface area contributed by atoms with Crippen LogP contribution in [0.2, 0.25) is 0 Å². The van der Waals surface area contributed by atoms with Crippen LogP contribution < -0.4 is 10.1 Å². The minimum Gasteiger partial charge on any atom is -0.474 e. The standard InChI is InChI=1S/C21H22N4O4/c1-24-10-8-15(9-11-24)29-19-7-6-14(12-22-19)23-18(26)13-25-20(27)16-4-2-3-5-17(16)21(25)28/h2-7,12,15H,8-11,13H2,1H3,(H,23,26). The van der Waals surface area contributed by atoms with Crippen LogP contribution in [-0.2, 0) is 4.79 Å².